The van der Waals surface area contributed by atoms with Gasteiger partial charge in [-0.05, 0) is 77.7 Å². The first-order valence-electron chi connectivity index (χ1n) is 14.1. The lowest BCUT2D eigenvalue weighted by Gasteiger charge is -2.37. The molecule has 5 heteroatoms. The summed E-state index contributed by atoms with van der Waals surface area (Å²) in [6.45, 7) is 0.0755. The second kappa shape index (κ2) is 6.83. The van der Waals surface area contributed by atoms with Crippen LogP contribution in [0.4, 0.5) is 0 Å². The number of nitrogens with zero attached hydrogens (tertiary/aromatic N) is 2. The maximum atomic E-state index is 6.59. The lowest BCUT2D eigenvalue weighted by molar-refractivity contribution is 0.464. The van der Waals surface area contributed by atoms with Crippen molar-refractivity contribution in [3.8, 4) is 34.4 Å². The van der Waals surface area contributed by atoms with Gasteiger partial charge in [-0.3, -0.25) is 0 Å². The van der Waals surface area contributed by atoms with E-state index in [4.69, 9.17) is 9.47 Å². The summed E-state index contributed by atoms with van der Waals surface area (Å²) in [5, 5.41) is 5.08. The minimum Gasteiger partial charge on any atom is -0.458 e. The van der Waals surface area contributed by atoms with Crippen molar-refractivity contribution in [1.29, 1.82) is 0 Å². The average Bonchev–Trinajstić information content (AvgIpc) is 3.54. The molecule has 2 aromatic heterocycles. The summed E-state index contributed by atoms with van der Waals surface area (Å²) in [6.07, 6.45) is 0. The predicted octanol–water partition coefficient (Wildman–Crippen LogP) is 6.92. The van der Waals surface area contributed by atoms with E-state index in [1.54, 1.807) is 0 Å². The Morgan fingerprint density at radius 1 is 0.439 bits per heavy atom. The zero-order valence-electron chi connectivity index (χ0n) is 21.8. The molecule has 11 rings (SSSR count). The topological polar surface area (TPSA) is 28.3 Å². The van der Waals surface area contributed by atoms with E-state index in [1.807, 2.05) is 6.07 Å². The number of fused-ring (bicyclic) bond motifs is 8. The molecule has 0 unspecified atom stereocenters. The molecule has 0 atom stereocenters. The van der Waals surface area contributed by atoms with Gasteiger partial charge in [-0.15, -0.1) is 0 Å². The first kappa shape index (κ1) is 20.5. The van der Waals surface area contributed by atoms with Crippen molar-refractivity contribution in [1.82, 2.24) is 9.13 Å². The maximum absolute atomic E-state index is 6.59. The van der Waals surface area contributed by atoms with Crippen LogP contribution in [0.3, 0.4) is 0 Å². The van der Waals surface area contributed by atoms with Crippen LogP contribution in [-0.4, -0.2) is 15.8 Å². The second-order valence-electron chi connectivity index (χ2n) is 11.2. The largest absolute Gasteiger partial charge is 0.458 e. The molecule has 0 amide bonds. The van der Waals surface area contributed by atoms with Gasteiger partial charge in [0.15, 0.2) is 0 Å². The number of para-hydroxylation sites is 2. The minimum atomic E-state index is 0.0755. The van der Waals surface area contributed by atoms with Crippen molar-refractivity contribution in [3.05, 3.63) is 115 Å². The van der Waals surface area contributed by atoms with Crippen LogP contribution in [-0.2, 0) is 0 Å². The van der Waals surface area contributed by atoms with E-state index in [0.29, 0.717) is 0 Å². The van der Waals surface area contributed by atoms with E-state index >= 15 is 0 Å². The highest BCUT2D eigenvalue weighted by Crippen LogP contribution is 2.46. The highest BCUT2D eigenvalue weighted by molar-refractivity contribution is 7.00. The molecule has 3 aliphatic rings. The summed E-state index contributed by atoms with van der Waals surface area (Å²) >= 11 is 0. The highest BCUT2D eigenvalue weighted by Gasteiger charge is 2.46. The van der Waals surface area contributed by atoms with Crippen LogP contribution < -0.4 is 25.9 Å². The summed E-state index contributed by atoms with van der Waals surface area (Å²) in [4.78, 5) is 0. The Labute approximate surface area is 234 Å². The van der Waals surface area contributed by atoms with Gasteiger partial charge < -0.3 is 18.6 Å². The Bertz CT molecular complexity index is 2470. The first-order chi connectivity index (χ1) is 20.4. The van der Waals surface area contributed by atoms with Crippen LogP contribution in [0.15, 0.2) is 115 Å². The number of hydrogen-bond donors (Lipinski definition) is 0. The molecule has 0 saturated carbocycles. The van der Waals surface area contributed by atoms with Crippen LogP contribution in [0, 0.1) is 0 Å². The van der Waals surface area contributed by atoms with Gasteiger partial charge in [0.05, 0.1) is 22.1 Å². The van der Waals surface area contributed by atoms with Crippen LogP contribution in [0.5, 0.6) is 23.0 Å². The third kappa shape index (κ3) is 2.26. The number of rotatable bonds is 1. The molecular formula is C36H19BN2O2. The normalized spacial score (nSPS) is 13.7. The smallest absolute Gasteiger partial charge is 0.266 e. The molecule has 41 heavy (non-hydrogen) atoms. The van der Waals surface area contributed by atoms with E-state index in [9.17, 15) is 0 Å². The fraction of sp³-hybridized carbons (Fsp3) is 0. The Kier molecular flexibility index (Phi) is 3.41. The van der Waals surface area contributed by atoms with Gasteiger partial charge in [-0.1, -0.05) is 48.5 Å². The van der Waals surface area contributed by atoms with Crippen LogP contribution in [0.25, 0.3) is 55.0 Å². The molecule has 0 bridgehead atoms. The van der Waals surface area contributed by atoms with Crippen molar-refractivity contribution < 1.29 is 9.47 Å². The summed E-state index contributed by atoms with van der Waals surface area (Å²) in [5.74, 6) is 3.63. The fourth-order valence-electron chi connectivity index (χ4n) is 7.90. The predicted molar refractivity (Wildman–Crippen MR) is 166 cm³/mol. The quantitative estimate of drug-likeness (QED) is 0.219. The molecule has 0 N–H and O–H groups in total. The van der Waals surface area contributed by atoms with Crippen molar-refractivity contribution in [2.24, 2.45) is 0 Å². The molecule has 0 fully saturated rings. The van der Waals surface area contributed by atoms with E-state index in [-0.39, 0.29) is 6.71 Å². The van der Waals surface area contributed by atoms with Crippen molar-refractivity contribution in [2.45, 2.75) is 0 Å². The van der Waals surface area contributed by atoms with Gasteiger partial charge in [0.1, 0.15) is 23.0 Å². The van der Waals surface area contributed by atoms with Crippen LogP contribution >= 0.6 is 0 Å². The van der Waals surface area contributed by atoms with Gasteiger partial charge in [0.2, 0.25) is 0 Å². The van der Waals surface area contributed by atoms with Crippen LogP contribution in [0.2, 0.25) is 0 Å². The Balaban J connectivity index is 1.38. The van der Waals surface area contributed by atoms with Crippen molar-refractivity contribution >= 4 is 66.7 Å². The third-order valence-corrected chi connectivity index (χ3v) is 9.36. The van der Waals surface area contributed by atoms with E-state index in [1.165, 1.54) is 65.9 Å². The van der Waals surface area contributed by atoms with Gasteiger partial charge in [0, 0.05) is 38.4 Å². The number of aromatic nitrogens is 2. The van der Waals surface area contributed by atoms with Gasteiger partial charge in [-0.2, -0.15) is 0 Å². The lowest BCUT2D eigenvalue weighted by atomic mass is 9.33. The molecule has 0 radical (unpaired) electrons. The number of ether oxygens (including phenoxy) is 2. The number of benzene rings is 6. The van der Waals surface area contributed by atoms with Crippen molar-refractivity contribution in [3.63, 3.8) is 0 Å². The zero-order valence-corrected chi connectivity index (χ0v) is 21.8. The SMILES string of the molecule is c1ccc(-n2c3ccccc3c3c4c5ccc6c7c5n(c4ccc32)-c2cccc3c2B7c2c(cccc2O6)O3)cc1. The highest BCUT2D eigenvalue weighted by atomic mass is 16.5. The zero-order chi connectivity index (χ0) is 26.4. The summed E-state index contributed by atoms with van der Waals surface area (Å²) in [6, 6.07) is 41.1. The third-order valence-electron chi connectivity index (χ3n) is 9.36. The average molecular weight is 522 g/mol. The second-order valence-corrected chi connectivity index (χ2v) is 11.2. The van der Waals surface area contributed by atoms with Crippen LogP contribution in [0.1, 0.15) is 0 Å². The molecule has 0 aliphatic carbocycles. The molecule has 0 spiro atoms. The Morgan fingerprint density at radius 3 is 1.93 bits per heavy atom. The maximum Gasteiger partial charge on any atom is 0.266 e. The Morgan fingerprint density at radius 2 is 1.10 bits per heavy atom. The lowest BCUT2D eigenvalue weighted by Crippen LogP contribution is -2.60. The van der Waals surface area contributed by atoms with Gasteiger partial charge in [0.25, 0.3) is 6.71 Å². The van der Waals surface area contributed by atoms with E-state index in [2.05, 4.69) is 118 Å². The summed E-state index contributed by atoms with van der Waals surface area (Å²) in [7, 11) is 0. The summed E-state index contributed by atoms with van der Waals surface area (Å²) < 4.78 is 18.0. The molecule has 4 nitrogen and oxygen atoms in total. The van der Waals surface area contributed by atoms with Gasteiger partial charge in [-0.25, -0.2) is 0 Å². The van der Waals surface area contributed by atoms with E-state index in [0.717, 1.165) is 28.5 Å². The van der Waals surface area contributed by atoms with E-state index < -0.39 is 0 Å². The molecule has 5 heterocycles. The molecule has 8 aromatic rings. The molecule has 3 aliphatic heterocycles. The first-order valence-corrected chi connectivity index (χ1v) is 14.1. The molecule has 0 saturated heterocycles. The molecule has 6 aromatic carbocycles. The summed E-state index contributed by atoms with van der Waals surface area (Å²) in [5.41, 5.74) is 10.8. The molecule has 188 valence electrons. The van der Waals surface area contributed by atoms with Gasteiger partial charge >= 0.3 is 0 Å². The minimum absolute atomic E-state index is 0.0755. The fourth-order valence-corrected chi connectivity index (χ4v) is 7.90. The standard InChI is InChI=1S/C36H19BN2O2/c1-2-8-20(9-3-1)38-23-11-5-4-10-21(23)31-24(38)17-18-25-32(31)22-16-19-30-35-36(22)39(25)26-12-6-13-27-33(26)37(35)34-28(40-27)14-7-15-29(34)41-30/h1-19H. The monoisotopic (exact) mass is 522 g/mol. The molecular weight excluding hydrogens is 503 g/mol. The number of hydrogen-bond acceptors (Lipinski definition) is 2. The van der Waals surface area contributed by atoms with Crippen molar-refractivity contribution in [2.75, 3.05) is 0 Å². The Hall–Kier alpha value is -5.42.